The minimum Gasteiger partial charge on any atom is -0.478 e. The standard InChI is InChI=1S/C9H8F2N2O3/c1-12-9(16)13-7-3-6(11)5(10)2-4(7)8(14)15/h2-3H,1H3,(H,14,15)(H2,12,13,16). The summed E-state index contributed by atoms with van der Waals surface area (Å²) in [4.78, 5) is 21.6. The van der Waals surface area contributed by atoms with Gasteiger partial charge >= 0.3 is 12.0 Å². The second-order valence-corrected chi connectivity index (χ2v) is 2.82. The van der Waals surface area contributed by atoms with Crippen molar-refractivity contribution in [2.24, 2.45) is 0 Å². The normalized spacial score (nSPS) is 9.69. The molecule has 0 aliphatic rings. The Labute approximate surface area is 89.1 Å². The summed E-state index contributed by atoms with van der Waals surface area (Å²) in [6, 6.07) is 0.380. The molecule has 5 nitrogen and oxygen atoms in total. The van der Waals surface area contributed by atoms with Gasteiger partial charge in [-0.2, -0.15) is 0 Å². The van der Waals surface area contributed by atoms with Gasteiger partial charge in [-0.1, -0.05) is 0 Å². The maximum atomic E-state index is 12.8. The van der Waals surface area contributed by atoms with Crippen LogP contribution in [-0.4, -0.2) is 24.2 Å². The largest absolute Gasteiger partial charge is 0.478 e. The number of hydrogen-bond donors (Lipinski definition) is 3. The van der Waals surface area contributed by atoms with Gasteiger partial charge in [-0.25, -0.2) is 18.4 Å². The Kier molecular flexibility index (Phi) is 3.39. The van der Waals surface area contributed by atoms with E-state index in [1.807, 2.05) is 0 Å². The van der Waals surface area contributed by atoms with Gasteiger partial charge in [0, 0.05) is 13.1 Å². The van der Waals surface area contributed by atoms with Gasteiger partial charge in [0.05, 0.1) is 11.3 Å². The molecule has 16 heavy (non-hydrogen) atoms. The lowest BCUT2D eigenvalue weighted by Crippen LogP contribution is -2.25. The number of carboxylic acids is 1. The maximum Gasteiger partial charge on any atom is 0.337 e. The quantitative estimate of drug-likeness (QED) is 0.718. The van der Waals surface area contributed by atoms with Crippen molar-refractivity contribution in [1.82, 2.24) is 5.32 Å². The molecule has 0 spiro atoms. The number of benzene rings is 1. The first-order valence-electron chi connectivity index (χ1n) is 4.16. The van der Waals surface area contributed by atoms with Crippen molar-refractivity contribution in [2.45, 2.75) is 0 Å². The third-order valence-corrected chi connectivity index (χ3v) is 1.77. The maximum absolute atomic E-state index is 12.8. The molecule has 3 N–H and O–H groups in total. The van der Waals surface area contributed by atoms with E-state index in [-0.39, 0.29) is 5.69 Å². The number of urea groups is 1. The van der Waals surface area contributed by atoms with E-state index >= 15 is 0 Å². The molecule has 1 aromatic carbocycles. The van der Waals surface area contributed by atoms with E-state index in [1.165, 1.54) is 7.05 Å². The molecule has 1 aromatic rings. The Morgan fingerprint density at radius 2 is 1.81 bits per heavy atom. The van der Waals surface area contributed by atoms with E-state index in [9.17, 15) is 18.4 Å². The van der Waals surface area contributed by atoms with E-state index in [1.54, 1.807) is 0 Å². The molecule has 2 amide bonds. The highest BCUT2D eigenvalue weighted by Gasteiger charge is 2.16. The fourth-order valence-electron chi connectivity index (χ4n) is 1.01. The van der Waals surface area contributed by atoms with Crippen LogP contribution in [-0.2, 0) is 0 Å². The highest BCUT2D eigenvalue weighted by molar-refractivity contribution is 5.99. The summed E-state index contributed by atoms with van der Waals surface area (Å²) < 4.78 is 25.6. The lowest BCUT2D eigenvalue weighted by Gasteiger charge is -2.08. The van der Waals surface area contributed by atoms with Gasteiger partial charge in [0.25, 0.3) is 0 Å². The zero-order chi connectivity index (χ0) is 12.3. The highest BCUT2D eigenvalue weighted by atomic mass is 19.2. The number of anilines is 1. The zero-order valence-corrected chi connectivity index (χ0v) is 8.17. The van der Waals surface area contributed by atoms with Crippen LogP contribution in [0, 0.1) is 11.6 Å². The van der Waals surface area contributed by atoms with Crippen LogP contribution in [0.15, 0.2) is 12.1 Å². The van der Waals surface area contributed by atoms with Gasteiger partial charge in [0.2, 0.25) is 0 Å². The lowest BCUT2D eigenvalue weighted by molar-refractivity contribution is 0.0697. The molecule has 0 heterocycles. The summed E-state index contributed by atoms with van der Waals surface area (Å²) in [5, 5.41) is 12.9. The van der Waals surface area contributed by atoms with Crippen LogP contribution in [0.4, 0.5) is 19.3 Å². The molecule has 7 heteroatoms. The van der Waals surface area contributed by atoms with Gasteiger partial charge in [-0.15, -0.1) is 0 Å². The molecular formula is C9H8F2N2O3. The Morgan fingerprint density at radius 1 is 1.25 bits per heavy atom. The van der Waals surface area contributed by atoms with E-state index < -0.39 is 29.2 Å². The number of halogens is 2. The van der Waals surface area contributed by atoms with Crippen LogP contribution in [0.1, 0.15) is 10.4 Å². The Morgan fingerprint density at radius 3 is 2.31 bits per heavy atom. The molecule has 0 fully saturated rings. The number of carbonyl (C=O) groups excluding carboxylic acids is 1. The topological polar surface area (TPSA) is 78.4 Å². The average Bonchev–Trinajstić information content (AvgIpc) is 2.22. The summed E-state index contributed by atoms with van der Waals surface area (Å²) in [6.07, 6.45) is 0. The van der Waals surface area contributed by atoms with Crippen molar-refractivity contribution in [3.05, 3.63) is 29.3 Å². The summed E-state index contributed by atoms with van der Waals surface area (Å²) in [6.45, 7) is 0. The van der Waals surface area contributed by atoms with Crippen molar-refractivity contribution >= 4 is 17.7 Å². The van der Waals surface area contributed by atoms with E-state index in [4.69, 9.17) is 5.11 Å². The van der Waals surface area contributed by atoms with Gasteiger partial charge < -0.3 is 15.7 Å². The number of hydrogen-bond acceptors (Lipinski definition) is 2. The molecule has 0 aliphatic heterocycles. The van der Waals surface area contributed by atoms with Crippen LogP contribution in [0.25, 0.3) is 0 Å². The molecule has 0 bridgehead atoms. The monoisotopic (exact) mass is 230 g/mol. The first-order chi connectivity index (χ1) is 7.45. The molecule has 0 saturated heterocycles. The predicted molar refractivity (Wildman–Crippen MR) is 51.4 cm³/mol. The first-order valence-corrected chi connectivity index (χ1v) is 4.16. The summed E-state index contributed by atoms with van der Waals surface area (Å²) in [5.41, 5.74) is -0.840. The van der Waals surface area contributed by atoms with Crippen molar-refractivity contribution in [3.8, 4) is 0 Å². The molecule has 0 atom stereocenters. The smallest absolute Gasteiger partial charge is 0.337 e. The highest BCUT2D eigenvalue weighted by Crippen LogP contribution is 2.20. The van der Waals surface area contributed by atoms with Crippen LogP contribution in [0.5, 0.6) is 0 Å². The summed E-state index contributed by atoms with van der Waals surface area (Å²) in [7, 11) is 1.30. The number of carboxylic acid groups (broad SMARTS) is 1. The number of nitrogens with one attached hydrogen (secondary N) is 2. The van der Waals surface area contributed by atoms with Crippen molar-refractivity contribution in [1.29, 1.82) is 0 Å². The van der Waals surface area contributed by atoms with Crippen molar-refractivity contribution < 1.29 is 23.5 Å². The van der Waals surface area contributed by atoms with Gasteiger partial charge in [0.1, 0.15) is 0 Å². The molecule has 0 aromatic heterocycles. The first kappa shape index (κ1) is 11.9. The molecule has 1 rings (SSSR count). The van der Waals surface area contributed by atoms with Crippen LogP contribution in [0.2, 0.25) is 0 Å². The fraction of sp³-hybridized carbons (Fsp3) is 0.111. The van der Waals surface area contributed by atoms with Crippen molar-refractivity contribution in [2.75, 3.05) is 12.4 Å². The SMILES string of the molecule is CNC(=O)Nc1cc(F)c(F)cc1C(=O)O. The molecule has 86 valence electrons. The van der Waals surface area contributed by atoms with Gasteiger partial charge in [-0.05, 0) is 6.07 Å². The number of carbonyl (C=O) groups is 2. The number of aromatic carboxylic acids is 1. The average molecular weight is 230 g/mol. The molecular weight excluding hydrogens is 222 g/mol. The molecule has 0 radical (unpaired) electrons. The number of amides is 2. The van der Waals surface area contributed by atoms with E-state index in [0.29, 0.717) is 12.1 Å². The van der Waals surface area contributed by atoms with E-state index in [0.717, 1.165) is 0 Å². The second-order valence-electron chi connectivity index (χ2n) is 2.82. The second kappa shape index (κ2) is 4.56. The summed E-state index contributed by atoms with van der Waals surface area (Å²) >= 11 is 0. The minimum absolute atomic E-state index is 0.314. The van der Waals surface area contributed by atoms with Crippen molar-refractivity contribution in [3.63, 3.8) is 0 Å². The lowest BCUT2D eigenvalue weighted by atomic mass is 10.1. The minimum atomic E-state index is -1.47. The van der Waals surface area contributed by atoms with Crippen LogP contribution < -0.4 is 10.6 Å². The third kappa shape index (κ3) is 2.44. The molecule has 0 saturated carbocycles. The van der Waals surface area contributed by atoms with Crippen LogP contribution >= 0.6 is 0 Å². The summed E-state index contributed by atoms with van der Waals surface area (Å²) in [5.74, 6) is -4.00. The third-order valence-electron chi connectivity index (χ3n) is 1.77. The van der Waals surface area contributed by atoms with Crippen LogP contribution in [0.3, 0.4) is 0 Å². The van der Waals surface area contributed by atoms with Gasteiger partial charge in [-0.3, -0.25) is 0 Å². The van der Waals surface area contributed by atoms with E-state index in [2.05, 4.69) is 10.6 Å². The Bertz CT molecular complexity index is 449. The molecule has 0 aliphatic carbocycles. The predicted octanol–water partition coefficient (Wildman–Crippen LogP) is 1.41. The zero-order valence-electron chi connectivity index (χ0n) is 8.17. The Balaban J connectivity index is 3.19. The Hall–Kier alpha value is -2.18. The molecule has 0 unspecified atom stereocenters. The fourth-order valence-corrected chi connectivity index (χ4v) is 1.01. The number of rotatable bonds is 2. The van der Waals surface area contributed by atoms with Gasteiger partial charge in [0.15, 0.2) is 11.6 Å².